The van der Waals surface area contributed by atoms with Crippen molar-refractivity contribution in [3.05, 3.63) is 0 Å². The summed E-state index contributed by atoms with van der Waals surface area (Å²) in [5.74, 6) is -0.821. The zero-order valence-electron chi connectivity index (χ0n) is 57.0. The van der Waals surface area contributed by atoms with Crippen LogP contribution in [0.3, 0.4) is 0 Å². The van der Waals surface area contributed by atoms with Crippen molar-refractivity contribution in [2.24, 2.45) is 0 Å². The Hall–Kier alpha value is -1.59. The average Bonchev–Trinajstić information content (AvgIpc) is 3.48. The van der Waals surface area contributed by atoms with Crippen LogP contribution < -0.4 is 0 Å². The lowest BCUT2D eigenvalue weighted by atomic mass is 10.0. The topological polar surface area (TPSA) is 78.9 Å². The second kappa shape index (κ2) is 72.9. The summed E-state index contributed by atoms with van der Waals surface area (Å²) >= 11 is 0. The van der Waals surface area contributed by atoms with Gasteiger partial charge in [0.15, 0.2) is 6.10 Å². The van der Waals surface area contributed by atoms with E-state index in [2.05, 4.69) is 20.8 Å². The summed E-state index contributed by atoms with van der Waals surface area (Å²) in [6.07, 6.45) is 87.5. The van der Waals surface area contributed by atoms with Crippen LogP contribution in [-0.4, -0.2) is 37.2 Å². The molecule has 1 unspecified atom stereocenters. The molecular formula is C77H150O6. The molecule has 0 heterocycles. The molecule has 6 nitrogen and oxygen atoms in total. The Morgan fingerprint density at radius 2 is 0.325 bits per heavy atom. The molecule has 0 saturated heterocycles. The molecule has 83 heavy (non-hydrogen) atoms. The van der Waals surface area contributed by atoms with Crippen LogP contribution >= 0.6 is 0 Å². The number of ether oxygens (including phenoxy) is 3. The lowest BCUT2D eigenvalue weighted by Gasteiger charge is -2.18. The van der Waals surface area contributed by atoms with Crippen LogP contribution in [0.4, 0.5) is 0 Å². The Balaban J connectivity index is 4.04. The molecule has 0 aliphatic carbocycles. The summed E-state index contributed by atoms with van der Waals surface area (Å²) in [5.41, 5.74) is 0. The Morgan fingerprint density at radius 3 is 0.482 bits per heavy atom. The summed E-state index contributed by atoms with van der Waals surface area (Å²) in [5, 5.41) is 0. The molecule has 0 aromatic heterocycles. The summed E-state index contributed by atoms with van der Waals surface area (Å²) in [7, 11) is 0. The summed E-state index contributed by atoms with van der Waals surface area (Å²) in [6.45, 7) is 6.74. The molecule has 6 heteroatoms. The maximum atomic E-state index is 13.0. The molecule has 0 rings (SSSR count). The highest BCUT2D eigenvalue weighted by molar-refractivity contribution is 5.71. The molecule has 0 bridgehead atoms. The number of carbonyl (C=O) groups excluding carboxylic acids is 3. The van der Waals surface area contributed by atoms with Crippen molar-refractivity contribution in [3.63, 3.8) is 0 Å². The van der Waals surface area contributed by atoms with Gasteiger partial charge in [-0.3, -0.25) is 14.4 Å². The fourth-order valence-corrected chi connectivity index (χ4v) is 12.3. The summed E-state index contributed by atoms with van der Waals surface area (Å²) in [6, 6.07) is 0. The minimum absolute atomic E-state index is 0.0604. The summed E-state index contributed by atoms with van der Waals surface area (Å²) < 4.78 is 17.0. The molecule has 0 aliphatic rings. The minimum Gasteiger partial charge on any atom is -0.462 e. The van der Waals surface area contributed by atoms with Gasteiger partial charge in [-0.1, -0.05) is 419 Å². The Labute approximate surface area is 520 Å². The lowest BCUT2D eigenvalue weighted by molar-refractivity contribution is -0.167. The van der Waals surface area contributed by atoms with Gasteiger partial charge in [-0.2, -0.15) is 0 Å². The van der Waals surface area contributed by atoms with Crippen LogP contribution in [0.1, 0.15) is 457 Å². The van der Waals surface area contributed by atoms with E-state index in [0.717, 1.165) is 57.8 Å². The van der Waals surface area contributed by atoms with E-state index in [1.54, 1.807) is 0 Å². The molecule has 0 radical (unpaired) electrons. The molecule has 0 fully saturated rings. The second-order valence-electron chi connectivity index (χ2n) is 26.6. The molecule has 1 atom stereocenters. The first-order chi connectivity index (χ1) is 41.0. The lowest BCUT2D eigenvalue weighted by Crippen LogP contribution is -2.30. The number of hydrogen-bond donors (Lipinski definition) is 0. The third kappa shape index (κ3) is 71.1. The maximum Gasteiger partial charge on any atom is 0.306 e. The Morgan fingerprint density at radius 1 is 0.193 bits per heavy atom. The van der Waals surface area contributed by atoms with Crippen LogP contribution in [0.15, 0.2) is 0 Å². The van der Waals surface area contributed by atoms with Gasteiger partial charge < -0.3 is 14.2 Å². The number of esters is 3. The smallest absolute Gasteiger partial charge is 0.306 e. The fourth-order valence-electron chi connectivity index (χ4n) is 12.3. The second-order valence-corrected chi connectivity index (χ2v) is 26.6. The number of hydrogen-bond acceptors (Lipinski definition) is 6. The van der Waals surface area contributed by atoms with Gasteiger partial charge in [-0.05, 0) is 19.3 Å². The summed E-state index contributed by atoms with van der Waals surface area (Å²) in [4.78, 5) is 38.4. The van der Waals surface area contributed by atoms with E-state index in [-0.39, 0.29) is 31.1 Å². The number of rotatable bonds is 73. The van der Waals surface area contributed by atoms with E-state index in [1.165, 1.54) is 360 Å². The molecule has 0 aromatic rings. The van der Waals surface area contributed by atoms with E-state index in [0.29, 0.717) is 19.3 Å². The highest BCUT2D eigenvalue weighted by atomic mass is 16.6. The van der Waals surface area contributed by atoms with Crippen LogP contribution in [0.2, 0.25) is 0 Å². The molecule has 0 aromatic carbocycles. The Bertz CT molecular complexity index is 1250. The Kier molecular flexibility index (Phi) is 71.5. The first kappa shape index (κ1) is 81.4. The largest absolute Gasteiger partial charge is 0.462 e. The van der Waals surface area contributed by atoms with Gasteiger partial charge in [0.1, 0.15) is 13.2 Å². The first-order valence-corrected chi connectivity index (χ1v) is 38.5. The van der Waals surface area contributed by atoms with Gasteiger partial charge in [0, 0.05) is 19.3 Å². The van der Waals surface area contributed by atoms with Gasteiger partial charge in [-0.25, -0.2) is 0 Å². The van der Waals surface area contributed by atoms with Crippen LogP contribution in [-0.2, 0) is 28.6 Å². The van der Waals surface area contributed by atoms with E-state index in [4.69, 9.17) is 14.2 Å². The highest BCUT2D eigenvalue weighted by Gasteiger charge is 2.20. The monoisotopic (exact) mass is 1170 g/mol. The number of unbranched alkanes of at least 4 members (excludes halogenated alkanes) is 62. The third-order valence-corrected chi connectivity index (χ3v) is 18.1. The fraction of sp³-hybridized carbons (Fsp3) is 0.961. The van der Waals surface area contributed by atoms with E-state index >= 15 is 0 Å². The first-order valence-electron chi connectivity index (χ1n) is 38.5. The van der Waals surface area contributed by atoms with Crippen LogP contribution in [0.25, 0.3) is 0 Å². The average molecular weight is 1170 g/mol. The van der Waals surface area contributed by atoms with Gasteiger partial charge in [0.2, 0.25) is 0 Å². The molecular weight excluding hydrogens is 1020 g/mol. The zero-order valence-corrected chi connectivity index (χ0v) is 57.0. The molecule has 494 valence electrons. The molecule has 0 aliphatic heterocycles. The normalized spacial score (nSPS) is 11.9. The SMILES string of the molecule is CCCCCCCCCCCCCCCCCCCCCCCCCCCCCCCCCC(=O)OCC(COC(=O)CCCCCCCCCCCC)OC(=O)CCCCCCCCCCCCCCCCCCCCCCCCCC. The molecule has 0 spiro atoms. The minimum atomic E-state index is -0.763. The predicted molar refractivity (Wildman–Crippen MR) is 363 cm³/mol. The van der Waals surface area contributed by atoms with Crippen molar-refractivity contribution in [1.29, 1.82) is 0 Å². The maximum absolute atomic E-state index is 13.0. The van der Waals surface area contributed by atoms with E-state index < -0.39 is 6.10 Å². The van der Waals surface area contributed by atoms with Crippen molar-refractivity contribution in [1.82, 2.24) is 0 Å². The molecule has 0 amide bonds. The van der Waals surface area contributed by atoms with Crippen molar-refractivity contribution in [3.8, 4) is 0 Å². The van der Waals surface area contributed by atoms with E-state index in [9.17, 15) is 14.4 Å². The van der Waals surface area contributed by atoms with Gasteiger partial charge in [0.05, 0.1) is 0 Å². The van der Waals surface area contributed by atoms with Gasteiger partial charge in [-0.15, -0.1) is 0 Å². The van der Waals surface area contributed by atoms with Crippen molar-refractivity contribution in [2.45, 2.75) is 463 Å². The van der Waals surface area contributed by atoms with Crippen molar-refractivity contribution < 1.29 is 28.6 Å². The van der Waals surface area contributed by atoms with Crippen molar-refractivity contribution >= 4 is 17.9 Å². The van der Waals surface area contributed by atoms with Gasteiger partial charge >= 0.3 is 17.9 Å². The van der Waals surface area contributed by atoms with E-state index in [1.807, 2.05) is 0 Å². The number of carbonyl (C=O) groups is 3. The van der Waals surface area contributed by atoms with Gasteiger partial charge in [0.25, 0.3) is 0 Å². The van der Waals surface area contributed by atoms with Crippen LogP contribution in [0, 0.1) is 0 Å². The van der Waals surface area contributed by atoms with Crippen LogP contribution in [0.5, 0.6) is 0 Å². The zero-order chi connectivity index (χ0) is 59.9. The van der Waals surface area contributed by atoms with Crippen molar-refractivity contribution in [2.75, 3.05) is 13.2 Å². The molecule has 0 N–H and O–H groups in total. The highest BCUT2D eigenvalue weighted by Crippen LogP contribution is 2.20. The predicted octanol–water partition coefficient (Wildman–Crippen LogP) is 26.6. The third-order valence-electron chi connectivity index (χ3n) is 18.1. The quantitative estimate of drug-likeness (QED) is 0.0343. The molecule has 0 saturated carbocycles. The standard InChI is InChI=1S/C77H150O6/c1-4-7-10-13-16-19-22-24-26-28-30-32-34-36-37-38-39-40-41-42-44-45-47-49-51-53-55-58-61-64-67-70-76(79)82-73-74(72-81-75(78)69-66-63-60-57-21-18-15-12-9-6-3)83-77(80)71-68-65-62-59-56-54-52-50-48-46-43-35-33-31-29-27-25-23-20-17-14-11-8-5-2/h74H,4-73H2,1-3H3.